The number of hydrogen-bond acceptors (Lipinski definition) is 5. The summed E-state index contributed by atoms with van der Waals surface area (Å²) in [6.45, 7) is 1.90. The maximum Gasteiger partial charge on any atom is 0.346 e. The maximum absolute atomic E-state index is 13.1. The van der Waals surface area contributed by atoms with Crippen molar-refractivity contribution in [3.05, 3.63) is 70.4 Å². The summed E-state index contributed by atoms with van der Waals surface area (Å²) in [7, 11) is 0. The Balaban J connectivity index is 2.13. The molecule has 0 aliphatic carbocycles. The number of esters is 1. The summed E-state index contributed by atoms with van der Waals surface area (Å²) < 4.78 is 12.6. The zero-order valence-electron chi connectivity index (χ0n) is 13.4. The van der Waals surface area contributed by atoms with Gasteiger partial charge in [0.1, 0.15) is 4.70 Å². The third-order valence-corrected chi connectivity index (χ3v) is 5.08. The van der Waals surface area contributed by atoms with E-state index in [-0.39, 0.29) is 23.4 Å². The molecule has 0 amide bonds. The molecule has 0 fully saturated rings. The second kappa shape index (κ2) is 6.18. The van der Waals surface area contributed by atoms with Crippen LogP contribution in [0.4, 0.5) is 0 Å². The van der Waals surface area contributed by atoms with Crippen LogP contribution in [-0.4, -0.2) is 12.6 Å². The molecule has 0 N–H and O–H groups in total. The molecule has 25 heavy (non-hydrogen) atoms. The fourth-order valence-electron chi connectivity index (χ4n) is 2.82. The van der Waals surface area contributed by atoms with Crippen LogP contribution in [0.2, 0.25) is 0 Å². The van der Waals surface area contributed by atoms with Gasteiger partial charge in [-0.15, -0.1) is 11.3 Å². The Labute approximate surface area is 147 Å². The van der Waals surface area contributed by atoms with Crippen molar-refractivity contribution in [2.75, 3.05) is 6.61 Å². The first kappa shape index (κ1) is 15.6. The van der Waals surface area contributed by atoms with E-state index in [2.05, 4.69) is 0 Å². The molecule has 0 radical (unpaired) electrons. The highest BCUT2D eigenvalue weighted by Gasteiger charge is 2.25. The quantitative estimate of drug-likeness (QED) is 0.496. The summed E-state index contributed by atoms with van der Waals surface area (Å²) in [6, 6.07) is 16.8. The molecule has 4 aromatic rings. The van der Waals surface area contributed by atoms with Crippen molar-refractivity contribution in [3.8, 4) is 11.3 Å². The molecule has 0 saturated heterocycles. The molecular weight excluding hydrogens is 336 g/mol. The molecule has 4 nitrogen and oxygen atoms in total. The van der Waals surface area contributed by atoms with Gasteiger partial charge in [-0.2, -0.15) is 0 Å². The summed E-state index contributed by atoms with van der Waals surface area (Å²) in [5.41, 5.74) is 0.782. The van der Waals surface area contributed by atoms with Gasteiger partial charge in [0.25, 0.3) is 0 Å². The summed E-state index contributed by atoms with van der Waals surface area (Å²) in [6.07, 6.45) is 0. The van der Waals surface area contributed by atoms with Gasteiger partial charge in [0.05, 0.1) is 6.61 Å². The minimum Gasteiger partial charge on any atom is -0.462 e. The molecule has 4 rings (SSSR count). The van der Waals surface area contributed by atoms with E-state index in [0.717, 1.165) is 10.1 Å². The standard InChI is InChI=1S/C20H14O4S/c1-2-23-20(22)15-16(21)19-18(13-10-6-7-11-14(13)25-19)24-17(15)12-8-4-3-5-9-12/h3-11H,2H2,1H3. The normalized spacial score (nSPS) is 11.1. The van der Waals surface area contributed by atoms with Crippen LogP contribution >= 0.6 is 11.3 Å². The Morgan fingerprint density at radius 1 is 1.08 bits per heavy atom. The highest BCUT2D eigenvalue weighted by Crippen LogP contribution is 2.35. The van der Waals surface area contributed by atoms with Crippen LogP contribution in [0.25, 0.3) is 31.7 Å². The lowest BCUT2D eigenvalue weighted by atomic mass is 10.1. The van der Waals surface area contributed by atoms with Gasteiger partial charge in [-0.05, 0) is 19.1 Å². The zero-order valence-corrected chi connectivity index (χ0v) is 14.3. The van der Waals surface area contributed by atoms with E-state index >= 15 is 0 Å². The summed E-state index contributed by atoms with van der Waals surface area (Å²) in [5, 5.41) is 0.868. The lowest BCUT2D eigenvalue weighted by Crippen LogP contribution is -2.18. The predicted molar refractivity (Wildman–Crippen MR) is 99.3 cm³/mol. The molecule has 0 aliphatic heterocycles. The average molecular weight is 350 g/mol. The van der Waals surface area contributed by atoms with Gasteiger partial charge in [0, 0.05) is 15.6 Å². The lowest BCUT2D eigenvalue weighted by molar-refractivity contribution is 0.0524. The minimum absolute atomic E-state index is 0.0490. The number of rotatable bonds is 3. The Morgan fingerprint density at radius 2 is 1.80 bits per heavy atom. The Bertz CT molecular complexity index is 1140. The van der Waals surface area contributed by atoms with Crippen LogP contribution in [0.1, 0.15) is 17.3 Å². The van der Waals surface area contributed by atoms with Gasteiger partial charge in [-0.1, -0.05) is 42.5 Å². The third kappa shape index (κ3) is 2.53. The van der Waals surface area contributed by atoms with Crippen LogP contribution < -0.4 is 5.43 Å². The third-order valence-electron chi connectivity index (χ3n) is 3.93. The minimum atomic E-state index is -0.658. The van der Waals surface area contributed by atoms with E-state index in [9.17, 15) is 9.59 Å². The first-order valence-corrected chi connectivity index (χ1v) is 8.73. The van der Waals surface area contributed by atoms with E-state index in [4.69, 9.17) is 9.15 Å². The molecule has 2 heterocycles. The van der Waals surface area contributed by atoms with Crippen molar-refractivity contribution < 1.29 is 13.9 Å². The van der Waals surface area contributed by atoms with Crippen LogP contribution in [-0.2, 0) is 4.74 Å². The Hall–Kier alpha value is -2.92. The van der Waals surface area contributed by atoms with E-state index in [1.54, 1.807) is 19.1 Å². The molecule has 0 atom stereocenters. The molecule has 0 aliphatic rings. The summed E-state index contributed by atoms with van der Waals surface area (Å²) in [4.78, 5) is 25.5. The first-order valence-electron chi connectivity index (χ1n) is 7.91. The first-order chi connectivity index (χ1) is 12.2. The number of hydrogen-bond donors (Lipinski definition) is 0. The van der Waals surface area contributed by atoms with Crippen LogP contribution in [0.5, 0.6) is 0 Å². The second-order valence-corrected chi connectivity index (χ2v) is 6.53. The van der Waals surface area contributed by atoms with Crippen molar-refractivity contribution in [2.24, 2.45) is 0 Å². The summed E-state index contributed by atoms with van der Waals surface area (Å²) >= 11 is 1.33. The number of benzene rings is 2. The molecule has 0 bridgehead atoms. The van der Waals surface area contributed by atoms with E-state index < -0.39 is 5.97 Å². The van der Waals surface area contributed by atoms with Gasteiger partial charge in [0.15, 0.2) is 16.9 Å². The van der Waals surface area contributed by atoms with E-state index in [0.29, 0.717) is 15.8 Å². The SMILES string of the molecule is CCOC(=O)c1c(-c2ccccc2)oc2c(sc3ccccc32)c1=O. The fourth-order valence-corrected chi connectivity index (χ4v) is 3.90. The highest BCUT2D eigenvalue weighted by molar-refractivity contribution is 7.25. The topological polar surface area (TPSA) is 56.5 Å². The lowest BCUT2D eigenvalue weighted by Gasteiger charge is -2.08. The van der Waals surface area contributed by atoms with Crippen LogP contribution in [0, 0.1) is 0 Å². The Kier molecular flexibility index (Phi) is 3.86. The van der Waals surface area contributed by atoms with Gasteiger partial charge >= 0.3 is 5.97 Å². The predicted octanol–water partition coefficient (Wildman–Crippen LogP) is 4.85. The maximum atomic E-state index is 13.1. The fraction of sp³-hybridized carbons (Fsp3) is 0.100. The van der Waals surface area contributed by atoms with Crippen LogP contribution in [0.15, 0.2) is 63.8 Å². The highest BCUT2D eigenvalue weighted by atomic mass is 32.1. The molecule has 0 saturated carbocycles. The van der Waals surface area contributed by atoms with Gasteiger partial charge in [0.2, 0.25) is 5.43 Å². The monoisotopic (exact) mass is 350 g/mol. The van der Waals surface area contributed by atoms with Crippen molar-refractivity contribution in [1.82, 2.24) is 0 Å². The second-order valence-electron chi connectivity index (χ2n) is 5.48. The molecule has 124 valence electrons. The molecule has 2 aromatic heterocycles. The molecular formula is C20H14O4S. The van der Waals surface area contributed by atoms with E-state index in [1.807, 2.05) is 42.5 Å². The van der Waals surface area contributed by atoms with Crippen molar-refractivity contribution in [3.63, 3.8) is 0 Å². The van der Waals surface area contributed by atoms with Crippen LogP contribution in [0.3, 0.4) is 0 Å². The molecule has 0 spiro atoms. The largest absolute Gasteiger partial charge is 0.462 e. The van der Waals surface area contributed by atoms with Gasteiger partial charge in [-0.3, -0.25) is 4.79 Å². The van der Waals surface area contributed by atoms with Crippen molar-refractivity contribution in [2.45, 2.75) is 6.92 Å². The number of ether oxygens (including phenoxy) is 1. The zero-order chi connectivity index (χ0) is 17.4. The number of carbonyl (C=O) groups excluding carboxylic acids is 1. The summed E-state index contributed by atoms with van der Waals surface area (Å²) in [5.74, 6) is -0.408. The number of fused-ring (bicyclic) bond motifs is 3. The van der Waals surface area contributed by atoms with E-state index in [1.165, 1.54) is 11.3 Å². The van der Waals surface area contributed by atoms with Gasteiger partial charge in [-0.25, -0.2) is 4.79 Å². The van der Waals surface area contributed by atoms with Crippen molar-refractivity contribution in [1.29, 1.82) is 0 Å². The number of thiophene rings is 1. The molecule has 2 aromatic carbocycles. The number of carbonyl (C=O) groups is 1. The average Bonchev–Trinajstić information content (AvgIpc) is 3.02. The molecule has 0 unspecified atom stereocenters. The smallest absolute Gasteiger partial charge is 0.346 e. The Morgan fingerprint density at radius 3 is 2.56 bits per heavy atom. The van der Waals surface area contributed by atoms with Gasteiger partial charge < -0.3 is 9.15 Å². The van der Waals surface area contributed by atoms with Crippen molar-refractivity contribution >= 4 is 37.7 Å². The molecule has 5 heteroatoms.